The molecule has 2 aliphatic rings. The van der Waals surface area contributed by atoms with E-state index in [1.165, 1.54) is 15.3 Å². The Morgan fingerprint density at radius 1 is 1.35 bits per heavy atom. The van der Waals surface area contributed by atoms with Crippen LogP contribution in [-0.4, -0.2) is 39.1 Å². The number of thiophene rings is 1. The first-order chi connectivity index (χ1) is 12.7. The normalized spacial score (nSPS) is 16.4. The second-order valence-electron chi connectivity index (χ2n) is 6.74. The summed E-state index contributed by atoms with van der Waals surface area (Å²) < 4.78 is 0. The molecule has 5 heterocycles. The average molecular weight is 386 g/mol. The van der Waals surface area contributed by atoms with Gasteiger partial charge in [0, 0.05) is 54.1 Å². The van der Waals surface area contributed by atoms with Gasteiger partial charge in [-0.05, 0) is 25.0 Å². The first kappa shape index (κ1) is 16.2. The predicted octanol–water partition coefficient (Wildman–Crippen LogP) is 2.75. The van der Waals surface area contributed by atoms with Gasteiger partial charge in [-0.2, -0.15) is 5.10 Å². The highest BCUT2D eigenvalue weighted by molar-refractivity contribution is 7.16. The van der Waals surface area contributed by atoms with Gasteiger partial charge >= 0.3 is 0 Å². The van der Waals surface area contributed by atoms with Crippen LogP contribution in [0.4, 0.5) is 0 Å². The van der Waals surface area contributed by atoms with Crippen LogP contribution in [0.1, 0.15) is 37.2 Å². The SMILES string of the molecule is Cc1nc(-c2cc3c(s2)CCN(C(=O)c2n[nH]c4c2CNCC4)C3)cs1. The molecule has 8 heteroatoms. The number of aromatic nitrogens is 3. The molecule has 6 nitrogen and oxygen atoms in total. The molecule has 0 spiro atoms. The smallest absolute Gasteiger partial charge is 0.275 e. The van der Waals surface area contributed by atoms with Crippen LogP contribution in [0.25, 0.3) is 10.6 Å². The summed E-state index contributed by atoms with van der Waals surface area (Å²) in [6, 6.07) is 2.20. The topological polar surface area (TPSA) is 73.9 Å². The third kappa shape index (κ3) is 2.69. The lowest BCUT2D eigenvalue weighted by Gasteiger charge is -2.26. The Kier molecular flexibility index (Phi) is 3.91. The minimum absolute atomic E-state index is 0.0362. The van der Waals surface area contributed by atoms with Gasteiger partial charge in [-0.25, -0.2) is 4.98 Å². The van der Waals surface area contributed by atoms with Gasteiger partial charge in [-0.1, -0.05) is 0 Å². The van der Waals surface area contributed by atoms with Crippen molar-refractivity contribution in [3.63, 3.8) is 0 Å². The Labute approximate surface area is 159 Å². The van der Waals surface area contributed by atoms with Crippen LogP contribution in [0, 0.1) is 6.92 Å². The van der Waals surface area contributed by atoms with Crippen molar-refractivity contribution in [1.82, 2.24) is 25.4 Å². The number of aromatic amines is 1. The van der Waals surface area contributed by atoms with Gasteiger partial charge in [0.1, 0.15) is 0 Å². The van der Waals surface area contributed by atoms with E-state index in [0.717, 1.165) is 54.4 Å². The summed E-state index contributed by atoms with van der Waals surface area (Å²) in [7, 11) is 0. The molecule has 0 radical (unpaired) electrons. The number of fused-ring (bicyclic) bond motifs is 2. The number of aryl methyl sites for hydroxylation is 1. The predicted molar refractivity (Wildman–Crippen MR) is 103 cm³/mol. The monoisotopic (exact) mass is 385 g/mol. The number of carbonyl (C=O) groups excluding carboxylic acids is 1. The molecule has 0 bridgehead atoms. The summed E-state index contributed by atoms with van der Waals surface area (Å²) in [5.41, 5.74) is 5.02. The van der Waals surface area contributed by atoms with E-state index in [4.69, 9.17) is 0 Å². The van der Waals surface area contributed by atoms with Crippen LogP contribution >= 0.6 is 22.7 Å². The van der Waals surface area contributed by atoms with E-state index in [-0.39, 0.29) is 5.91 Å². The summed E-state index contributed by atoms with van der Waals surface area (Å²) in [5, 5.41) is 13.9. The molecule has 3 aromatic heterocycles. The minimum atomic E-state index is 0.0362. The molecule has 0 saturated heterocycles. The number of amides is 1. The number of hydrogen-bond donors (Lipinski definition) is 2. The number of nitrogens with one attached hydrogen (secondary N) is 2. The van der Waals surface area contributed by atoms with Crippen molar-refractivity contribution in [2.45, 2.75) is 32.9 Å². The Hall–Kier alpha value is -2.03. The molecule has 0 saturated carbocycles. The van der Waals surface area contributed by atoms with Gasteiger partial charge in [0.15, 0.2) is 5.69 Å². The molecule has 1 amide bonds. The molecule has 0 unspecified atom stereocenters. The Bertz CT molecular complexity index is 986. The van der Waals surface area contributed by atoms with E-state index >= 15 is 0 Å². The highest BCUT2D eigenvalue weighted by Gasteiger charge is 2.29. The first-order valence-corrected chi connectivity index (χ1v) is 10.5. The third-order valence-electron chi connectivity index (χ3n) is 5.03. The van der Waals surface area contributed by atoms with Crippen LogP contribution in [0.3, 0.4) is 0 Å². The lowest BCUT2D eigenvalue weighted by Crippen LogP contribution is -2.36. The number of nitrogens with zero attached hydrogens (tertiary/aromatic N) is 3. The second-order valence-corrected chi connectivity index (χ2v) is 8.94. The molecule has 0 fully saturated rings. The molecule has 0 atom stereocenters. The average Bonchev–Trinajstić information content (AvgIpc) is 3.37. The number of carbonyl (C=O) groups is 1. The van der Waals surface area contributed by atoms with Crippen LogP contribution < -0.4 is 5.32 Å². The zero-order valence-corrected chi connectivity index (χ0v) is 16.1. The quantitative estimate of drug-likeness (QED) is 0.711. The van der Waals surface area contributed by atoms with Crippen molar-refractivity contribution in [3.05, 3.63) is 43.8 Å². The van der Waals surface area contributed by atoms with Crippen molar-refractivity contribution in [2.24, 2.45) is 0 Å². The highest BCUT2D eigenvalue weighted by Crippen LogP contribution is 2.35. The fraction of sp³-hybridized carbons (Fsp3) is 0.389. The summed E-state index contributed by atoms with van der Waals surface area (Å²) in [6.45, 7) is 5.09. The molecule has 0 aliphatic carbocycles. The maximum atomic E-state index is 13.0. The Morgan fingerprint density at radius 3 is 3.12 bits per heavy atom. The van der Waals surface area contributed by atoms with Crippen LogP contribution in [0.5, 0.6) is 0 Å². The van der Waals surface area contributed by atoms with Crippen LogP contribution in [0.2, 0.25) is 0 Å². The molecular weight excluding hydrogens is 366 g/mol. The van der Waals surface area contributed by atoms with Crippen LogP contribution in [-0.2, 0) is 25.9 Å². The standard InChI is InChI=1S/C18H19N5OS2/c1-10-20-14(9-25-10)16-6-11-8-23(5-3-15(11)26-16)18(24)17-12-7-19-4-2-13(12)21-22-17/h6,9,19H,2-5,7-8H2,1H3,(H,21,22). The Morgan fingerprint density at radius 2 is 2.27 bits per heavy atom. The van der Waals surface area contributed by atoms with Crippen molar-refractivity contribution >= 4 is 28.6 Å². The minimum Gasteiger partial charge on any atom is -0.333 e. The molecule has 5 rings (SSSR count). The number of rotatable bonds is 2. The van der Waals surface area contributed by atoms with E-state index in [1.54, 1.807) is 11.3 Å². The van der Waals surface area contributed by atoms with Gasteiger partial charge in [0.05, 0.1) is 15.6 Å². The fourth-order valence-corrected chi connectivity index (χ4v) is 5.47. The van der Waals surface area contributed by atoms with E-state index in [1.807, 2.05) is 23.2 Å². The second kappa shape index (κ2) is 6.29. The van der Waals surface area contributed by atoms with E-state index in [2.05, 4.69) is 31.9 Å². The molecule has 26 heavy (non-hydrogen) atoms. The van der Waals surface area contributed by atoms with E-state index < -0.39 is 0 Å². The zero-order valence-electron chi connectivity index (χ0n) is 14.5. The third-order valence-corrected chi connectivity index (χ3v) is 7.07. The van der Waals surface area contributed by atoms with Gasteiger partial charge < -0.3 is 10.2 Å². The van der Waals surface area contributed by atoms with Crippen molar-refractivity contribution < 1.29 is 4.79 Å². The lowest BCUT2D eigenvalue weighted by molar-refractivity contribution is 0.0728. The molecular formula is C18H19N5OS2. The molecule has 2 aliphatic heterocycles. The number of H-pyrrole nitrogens is 1. The molecule has 3 aromatic rings. The summed E-state index contributed by atoms with van der Waals surface area (Å²) in [5.74, 6) is 0.0362. The fourth-order valence-electron chi connectivity index (χ4n) is 3.66. The zero-order chi connectivity index (χ0) is 17.7. The van der Waals surface area contributed by atoms with Crippen LogP contribution in [0.15, 0.2) is 11.4 Å². The maximum absolute atomic E-state index is 13.0. The van der Waals surface area contributed by atoms with Gasteiger partial charge in [-0.15, -0.1) is 22.7 Å². The summed E-state index contributed by atoms with van der Waals surface area (Å²) in [6.07, 6.45) is 1.81. The number of thiazole rings is 1. The van der Waals surface area contributed by atoms with Gasteiger partial charge in [-0.3, -0.25) is 9.89 Å². The largest absolute Gasteiger partial charge is 0.333 e. The first-order valence-electron chi connectivity index (χ1n) is 8.79. The highest BCUT2D eigenvalue weighted by atomic mass is 32.1. The molecule has 2 N–H and O–H groups in total. The summed E-state index contributed by atoms with van der Waals surface area (Å²) in [4.78, 5) is 22.1. The van der Waals surface area contributed by atoms with E-state index in [0.29, 0.717) is 12.2 Å². The maximum Gasteiger partial charge on any atom is 0.275 e. The van der Waals surface area contributed by atoms with Crippen molar-refractivity contribution in [1.29, 1.82) is 0 Å². The van der Waals surface area contributed by atoms with E-state index in [9.17, 15) is 4.79 Å². The van der Waals surface area contributed by atoms with Crippen molar-refractivity contribution in [2.75, 3.05) is 13.1 Å². The van der Waals surface area contributed by atoms with Gasteiger partial charge in [0.25, 0.3) is 5.91 Å². The Balaban J connectivity index is 1.39. The lowest BCUT2D eigenvalue weighted by atomic mass is 10.0. The molecule has 134 valence electrons. The van der Waals surface area contributed by atoms with Crippen molar-refractivity contribution in [3.8, 4) is 10.6 Å². The summed E-state index contributed by atoms with van der Waals surface area (Å²) >= 11 is 3.49. The van der Waals surface area contributed by atoms with Gasteiger partial charge in [0.2, 0.25) is 0 Å². The number of hydrogen-bond acceptors (Lipinski definition) is 6. The molecule has 0 aromatic carbocycles.